The van der Waals surface area contributed by atoms with Gasteiger partial charge in [0.15, 0.2) is 10.3 Å². The van der Waals surface area contributed by atoms with E-state index in [2.05, 4.69) is 20.6 Å². The largest absolute Gasteiger partial charge is 0.494 e. The summed E-state index contributed by atoms with van der Waals surface area (Å²) in [6.45, 7) is 3.94. The fourth-order valence-electron chi connectivity index (χ4n) is 2.14. The molecule has 0 aliphatic carbocycles. The summed E-state index contributed by atoms with van der Waals surface area (Å²) >= 11 is 2.68. The van der Waals surface area contributed by atoms with Crippen LogP contribution in [0.25, 0.3) is 10.2 Å². The summed E-state index contributed by atoms with van der Waals surface area (Å²) in [5, 5.41) is 8.15. The molecule has 0 aliphatic heterocycles. The lowest BCUT2D eigenvalue weighted by Crippen LogP contribution is -2.14. The number of thiazole rings is 2. The van der Waals surface area contributed by atoms with Crippen LogP contribution in [0.4, 0.5) is 10.3 Å². The van der Waals surface area contributed by atoms with Crippen LogP contribution in [-0.2, 0) is 16.0 Å². The molecule has 2 heterocycles. The molecule has 1 aromatic carbocycles. The fraction of sp³-hybridized carbons (Fsp3) is 0.250. The Labute approximate surface area is 152 Å². The van der Waals surface area contributed by atoms with Crippen molar-refractivity contribution in [2.45, 2.75) is 20.3 Å². The Balaban J connectivity index is 1.65. The lowest BCUT2D eigenvalue weighted by Gasteiger charge is -2.00. The second-order valence-electron chi connectivity index (χ2n) is 5.13. The molecule has 0 atom stereocenters. The molecule has 2 N–H and O–H groups in total. The number of aromatic nitrogens is 2. The average Bonchev–Trinajstić information content (AvgIpc) is 3.12. The Morgan fingerprint density at radius 2 is 2.04 bits per heavy atom. The third-order valence-corrected chi connectivity index (χ3v) is 4.83. The molecule has 0 radical (unpaired) electrons. The van der Waals surface area contributed by atoms with E-state index >= 15 is 0 Å². The first kappa shape index (κ1) is 17.3. The first-order valence-corrected chi connectivity index (χ1v) is 9.28. The minimum atomic E-state index is -0.205. The van der Waals surface area contributed by atoms with E-state index in [-0.39, 0.29) is 18.2 Å². The van der Waals surface area contributed by atoms with Crippen molar-refractivity contribution >= 4 is 55.0 Å². The molecule has 0 saturated carbocycles. The van der Waals surface area contributed by atoms with Crippen LogP contribution in [0.2, 0.25) is 0 Å². The van der Waals surface area contributed by atoms with Gasteiger partial charge in [-0.3, -0.25) is 9.59 Å². The summed E-state index contributed by atoms with van der Waals surface area (Å²) in [5.74, 6) is 0.388. The van der Waals surface area contributed by atoms with E-state index in [1.807, 2.05) is 25.1 Å². The van der Waals surface area contributed by atoms with Crippen molar-refractivity contribution in [3.05, 3.63) is 29.3 Å². The Kier molecular flexibility index (Phi) is 5.25. The number of hydrogen-bond acceptors (Lipinski definition) is 7. The van der Waals surface area contributed by atoms with Crippen LogP contribution in [0.1, 0.15) is 19.5 Å². The van der Waals surface area contributed by atoms with Gasteiger partial charge in [-0.1, -0.05) is 11.3 Å². The highest BCUT2D eigenvalue weighted by molar-refractivity contribution is 7.22. The van der Waals surface area contributed by atoms with Gasteiger partial charge in [-0.2, -0.15) is 0 Å². The number of carbonyl (C=O) groups is 2. The standard InChI is InChI=1S/C16H16N4O3S2/c1-3-23-11-4-5-12-13(7-11)25-16(19-12)20-14(22)6-10-8-24-15(18-10)17-9(2)21/h4-5,7-8H,3,6H2,1-2H3,(H,17,18,21)(H,19,20,22). The van der Waals surface area contributed by atoms with Gasteiger partial charge in [0.05, 0.1) is 28.9 Å². The third kappa shape index (κ3) is 4.52. The zero-order valence-corrected chi connectivity index (χ0v) is 15.3. The molecular weight excluding hydrogens is 360 g/mol. The molecule has 2 aromatic heterocycles. The second kappa shape index (κ2) is 7.58. The second-order valence-corrected chi connectivity index (χ2v) is 7.02. The van der Waals surface area contributed by atoms with Crippen molar-refractivity contribution in [2.75, 3.05) is 17.2 Å². The minimum Gasteiger partial charge on any atom is -0.494 e. The number of carbonyl (C=O) groups excluding carboxylic acids is 2. The van der Waals surface area contributed by atoms with E-state index in [1.54, 1.807) is 5.38 Å². The molecule has 9 heteroatoms. The summed E-state index contributed by atoms with van der Waals surface area (Å²) in [7, 11) is 0. The van der Waals surface area contributed by atoms with Crippen LogP contribution < -0.4 is 15.4 Å². The number of benzene rings is 1. The quantitative estimate of drug-likeness (QED) is 0.688. The average molecular weight is 376 g/mol. The Morgan fingerprint density at radius 3 is 2.80 bits per heavy atom. The van der Waals surface area contributed by atoms with E-state index in [0.717, 1.165) is 16.0 Å². The summed E-state index contributed by atoms with van der Waals surface area (Å²) in [4.78, 5) is 31.8. The molecule has 7 nitrogen and oxygen atoms in total. The summed E-state index contributed by atoms with van der Waals surface area (Å²) in [6.07, 6.45) is 0.121. The van der Waals surface area contributed by atoms with Crippen LogP contribution in [0, 0.1) is 0 Å². The third-order valence-electron chi connectivity index (χ3n) is 3.09. The molecule has 0 fully saturated rings. The van der Waals surface area contributed by atoms with Gasteiger partial charge in [-0.25, -0.2) is 9.97 Å². The van der Waals surface area contributed by atoms with Crippen LogP contribution in [-0.4, -0.2) is 28.4 Å². The number of anilines is 2. The van der Waals surface area contributed by atoms with Crippen molar-refractivity contribution in [1.29, 1.82) is 0 Å². The highest BCUT2D eigenvalue weighted by Crippen LogP contribution is 2.29. The summed E-state index contributed by atoms with van der Waals surface area (Å²) in [6, 6.07) is 5.63. The Morgan fingerprint density at radius 1 is 1.20 bits per heavy atom. The molecule has 2 amide bonds. The fourth-order valence-corrected chi connectivity index (χ4v) is 3.81. The van der Waals surface area contributed by atoms with Crippen molar-refractivity contribution in [3.63, 3.8) is 0 Å². The van der Waals surface area contributed by atoms with Crippen LogP contribution >= 0.6 is 22.7 Å². The monoisotopic (exact) mass is 376 g/mol. The van der Waals surface area contributed by atoms with Crippen molar-refractivity contribution < 1.29 is 14.3 Å². The first-order chi connectivity index (χ1) is 12.0. The van der Waals surface area contributed by atoms with E-state index in [4.69, 9.17) is 4.74 Å². The SMILES string of the molecule is CCOc1ccc2nc(NC(=O)Cc3csc(NC(C)=O)n3)sc2c1. The molecule has 3 aromatic rings. The van der Waals surface area contributed by atoms with E-state index in [1.165, 1.54) is 29.6 Å². The summed E-state index contributed by atoms with van der Waals surface area (Å²) < 4.78 is 6.41. The molecule has 0 spiro atoms. The predicted octanol–water partition coefficient (Wildman–Crippen LogP) is 3.29. The van der Waals surface area contributed by atoms with Gasteiger partial charge in [0, 0.05) is 12.3 Å². The number of rotatable bonds is 6. The van der Waals surface area contributed by atoms with Gasteiger partial charge in [-0.15, -0.1) is 11.3 Å². The number of fused-ring (bicyclic) bond motifs is 1. The van der Waals surface area contributed by atoms with E-state index in [0.29, 0.717) is 22.6 Å². The topological polar surface area (TPSA) is 93.2 Å². The molecule has 0 saturated heterocycles. The van der Waals surface area contributed by atoms with Gasteiger partial charge in [0.25, 0.3) is 0 Å². The zero-order chi connectivity index (χ0) is 17.8. The number of nitrogens with one attached hydrogen (secondary N) is 2. The molecular formula is C16H16N4O3S2. The smallest absolute Gasteiger partial charge is 0.232 e. The summed E-state index contributed by atoms with van der Waals surface area (Å²) in [5.41, 5.74) is 1.41. The number of ether oxygens (including phenoxy) is 1. The normalized spacial score (nSPS) is 10.6. The lowest BCUT2D eigenvalue weighted by atomic mass is 10.3. The lowest BCUT2D eigenvalue weighted by molar-refractivity contribution is -0.116. The van der Waals surface area contributed by atoms with Gasteiger partial charge < -0.3 is 15.4 Å². The molecule has 130 valence electrons. The zero-order valence-electron chi connectivity index (χ0n) is 13.7. The molecule has 25 heavy (non-hydrogen) atoms. The van der Waals surface area contributed by atoms with Crippen LogP contribution in [0.3, 0.4) is 0 Å². The van der Waals surface area contributed by atoms with Crippen molar-refractivity contribution in [3.8, 4) is 5.75 Å². The molecule has 3 rings (SSSR count). The minimum absolute atomic E-state index is 0.121. The predicted molar refractivity (Wildman–Crippen MR) is 99.5 cm³/mol. The first-order valence-electron chi connectivity index (χ1n) is 7.58. The van der Waals surface area contributed by atoms with E-state index < -0.39 is 0 Å². The van der Waals surface area contributed by atoms with Gasteiger partial charge in [-0.05, 0) is 25.1 Å². The number of hydrogen-bond donors (Lipinski definition) is 2. The van der Waals surface area contributed by atoms with Crippen LogP contribution in [0.5, 0.6) is 5.75 Å². The molecule has 0 aliphatic rings. The molecule has 0 bridgehead atoms. The van der Waals surface area contributed by atoms with E-state index in [9.17, 15) is 9.59 Å². The van der Waals surface area contributed by atoms with Gasteiger partial charge in [0.1, 0.15) is 5.75 Å². The maximum atomic E-state index is 12.2. The number of amides is 2. The Hall–Kier alpha value is -2.52. The highest BCUT2D eigenvalue weighted by Gasteiger charge is 2.12. The maximum Gasteiger partial charge on any atom is 0.232 e. The Bertz CT molecular complexity index is 919. The number of nitrogens with zero attached hydrogens (tertiary/aromatic N) is 2. The van der Waals surface area contributed by atoms with Gasteiger partial charge >= 0.3 is 0 Å². The van der Waals surface area contributed by atoms with Gasteiger partial charge in [0.2, 0.25) is 11.8 Å². The van der Waals surface area contributed by atoms with Crippen LogP contribution in [0.15, 0.2) is 23.6 Å². The maximum absolute atomic E-state index is 12.2. The highest BCUT2D eigenvalue weighted by atomic mass is 32.1. The molecule has 0 unspecified atom stereocenters. The van der Waals surface area contributed by atoms with Crippen molar-refractivity contribution in [1.82, 2.24) is 9.97 Å². The van der Waals surface area contributed by atoms with Crippen molar-refractivity contribution in [2.24, 2.45) is 0 Å².